The molecule has 15 heavy (non-hydrogen) atoms. The Morgan fingerprint density at radius 1 is 1.47 bits per heavy atom. The van der Waals surface area contributed by atoms with Crippen molar-refractivity contribution >= 4 is 40.7 Å². The summed E-state index contributed by atoms with van der Waals surface area (Å²) in [6, 6.07) is 5.36. The molecule has 0 spiro atoms. The number of halogens is 2. The first-order valence-electron chi connectivity index (χ1n) is 4.70. The molecule has 4 heteroatoms. The number of hydrogen-bond donors (Lipinski definition) is 0. The fourth-order valence-corrected chi connectivity index (χ4v) is 2.36. The topological polar surface area (TPSA) is 17.1 Å². The van der Waals surface area contributed by atoms with E-state index in [1.807, 2.05) is 6.07 Å². The zero-order chi connectivity index (χ0) is 11.3. The van der Waals surface area contributed by atoms with Crippen LogP contribution in [0.1, 0.15) is 23.7 Å². The molecule has 0 unspecified atom stereocenters. The van der Waals surface area contributed by atoms with Gasteiger partial charge in [0, 0.05) is 15.5 Å². The van der Waals surface area contributed by atoms with Gasteiger partial charge in [-0.25, -0.2) is 0 Å². The Balaban J connectivity index is 2.97. The molecule has 0 aliphatic heterocycles. The summed E-state index contributed by atoms with van der Waals surface area (Å²) in [7, 11) is 0. The van der Waals surface area contributed by atoms with E-state index in [0.717, 1.165) is 17.1 Å². The van der Waals surface area contributed by atoms with Crippen molar-refractivity contribution in [2.45, 2.75) is 18.2 Å². The van der Waals surface area contributed by atoms with Crippen LogP contribution in [0.3, 0.4) is 0 Å². The fourth-order valence-electron chi connectivity index (χ4n) is 1.13. The molecule has 0 radical (unpaired) electrons. The molecule has 1 rings (SSSR count). The third-order valence-corrected chi connectivity index (χ3v) is 3.58. The summed E-state index contributed by atoms with van der Waals surface area (Å²) in [5.74, 6) is 0.919. The molecule has 1 nitrogen and oxygen atoms in total. The molecule has 0 amide bonds. The average molecular weight is 263 g/mol. The van der Waals surface area contributed by atoms with Crippen LogP contribution in [0, 0.1) is 0 Å². The van der Waals surface area contributed by atoms with E-state index in [-0.39, 0.29) is 11.7 Å². The van der Waals surface area contributed by atoms with Gasteiger partial charge in [-0.05, 0) is 30.4 Å². The van der Waals surface area contributed by atoms with Crippen LogP contribution < -0.4 is 0 Å². The summed E-state index contributed by atoms with van der Waals surface area (Å²) in [6.07, 6.45) is 1.07. The Bertz CT molecular complexity index is 352. The number of thioether (sulfide) groups is 1. The highest BCUT2D eigenvalue weighted by Crippen LogP contribution is 2.26. The summed E-state index contributed by atoms with van der Waals surface area (Å²) in [5, 5.41) is 0.573. The zero-order valence-electron chi connectivity index (χ0n) is 8.43. The molecule has 1 aromatic rings. The molecule has 0 aliphatic carbocycles. The molecule has 0 bridgehead atoms. The Hall–Kier alpha value is -0.180. The number of rotatable bonds is 5. The lowest BCUT2D eigenvalue weighted by Gasteiger charge is -2.06. The first-order valence-corrected chi connectivity index (χ1v) is 6.60. The minimum absolute atomic E-state index is 0.0000270. The fraction of sp³-hybridized carbons (Fsp3) is 0.364. The third kappa shape index (κ3) is 3.71. The number of carbonyl (C=O) groups excluding carboxylic acids is 1. The van der Waals surface area contributed by atoms with Gasteiger partial charge in [-0.15, -0.1) is 23.4 Å². The van der Waals surface area contributed by atoms with E-state index in [1.54, 1.807) is 23.9 Å². The van der Waals surface area contributed by atoms with E-state index in [0.29, 0.717) is 10.6 Å². The monoisotopic (exact) mass is 262 g/mol. The summed E-state index contributed by atoms with van der Waals surface area (Å²) >= 11 is 13.1. The van der Waals surface area contributed by atoms with E-state index in [9.17, 15) is 4.79 Å². The number of hydrogen-bond acceptors (Lipinski definition) is 2. The molecule has 0 fully saturated rings. The Kier molecular flexibility index (Phi) is 5.51. The van der Waals surface area contributed by atoms with Crippen molar-refractivity contribution < 1.29 is 4.79 Å². The second-order valence-corrected chi connectivity index (χ2v) is 4.89. The van der Waals surface area contributed by atoms with Gasteiger partial charge in [0.25, 0.3) is 0 Å². The van der Waals surface area contributed by atoms with Crippen LogP contribution in [0.25, 0.3) is 0 Å². The number of Topliss-reactive ketones (excluding diaryl/α,β-unsaturated/α-hetero) is 1. The average Bonchev–Trinajstić information content (AvgIpc) is 2.26. The van der Waals surface area contributed by atoms with E-state index < -0.39 is 0 Å². The van der Waals surface area contributed by atoms with E-state index in [2.05, 4.69) is 6.92 Å². The smallest absolute Gasteiger partial charge is 0.178 e. The Morgan fingerprint density at radius 2 is 2.20 bits per heavy atom. The van der Waals surface area contributed by atoms with Crippen LogP contribution in [0.4, 0.5) is 0 Å². The van der Waals surface area contributed by atoms with Gasteiger partial charge < -0.3 is 0 Å². The van der Waals surface area contributed by atoms with Crippen LogP contribution in [0.5, 0.6) is 0 Å². The van der Waals surface area contributed by atoms with E-state index in [1.165, 1.54) is 0 Å². The lowest BCUT2D eigenvalue weighted by atomic mass is 10.1. The summed E-state index contributed by atoms with van der Waals surface area (Å²) in [4.78, 5) is 12.5. The predicted molar refractivity (Wildman–Crippen MR) is 67.5 cm³/mol. The van der Waals surface area contributed by atoms with E-state index >= 15 is 0 Å². The summed E-state index contributed by atoms with van der Waals surface area (Å²) in [5.41, 5.74) is 0.635. The van der Waals surface area contributed by atoms with Gasteiger partial charge in [-0.3, -0.25) is 4.79 Å². The van der Waals surface area contributed by atoms with Gasteiger partial charge in [0.1, 0.15) is 0 Å². The number of benzene rings is 1. The van der Waals surface area contributed by atoms with Crippen LogP contribution in [-0.2, 0) is 0 Å². The van der Waals surface area contributed by atoms with Crippen molar-refractivity contribution in [3.05, 3.63) is 28.8 Å². The molecule has 0 N–H and O–H groups in total. The van der Waals surface area contributed by atoms with Gasteiger partial charge in [-0.2, -0.15) is 0 Å². The molecule has 0 saturated heterocycles. The molecule has 0 saturated carbocycles. The molecule has 1 aromatic carbocycles. The SMILES string of the molecule is CCCSc1ccc(Cl)cc1C(=O)CCl. The van der Waals surface area contributed by atoms with Gasteiger partial charge in [-0.1, -0.05) is 18.5 Å². The first-order chi connectivity index (χ1) is 7.19. The van der Waals surface area contributed by atoms with Crippen molar-refractivity contribution in [2.75, 3.05) is 11.6 Å². The standard InChI is InChI=1S/C11H12Cl2OS/c1-2-5-15-11-4-3-8(13)6-9(11)10(14)7-12/h3-4,6H,2,5,7H2,1H3. The number of carbonyl (C=O) groups is 1. The van der Waals surface area contributed by atoms with Gasteiger partial charge >= 0.3 is 0 Å². The van der Waals surface area contributed by atoms with Crippen LogP contribution in [0.2, 0.25) is 5.02 Å². The second-order valence-electron chi connectivity index (χ2n) is 3.05. The molecule has 0 aromatic heterocycles. The molecule has 0 aliphatic rings. The normalized spacial score (nSPS) is 10.3. The summed E-state index contributed by atoms with van der Waals surface area (Å²) < 4.78 is 0. The van der Waals surface area contributed by atoms with Crippen LogP contribution >= 0.6 is 35.0 Å². The minimum atomic E-state index is -0.0715. The van der Waals surface area contributed by atoms with Crippen molar-refractivity contribution in [2.24, 2.45) is 0 Å². The highest BCUT2D eigenvalue weighted by molar-refractivity contribution is 7.99. The van der Waals surface area contributed by atoms with Crippen molar-refractivity contribution in [1.29, 1.82) is 0 Å². The largest absolute Gasteiger partial charge is 0.293 e. The zero-order valence-corrected chi connectivity index (χ0v) is 10.8. The highest BCUT2D eigenvalue weighted by atomic mass is 35.5. The minimum Gasteiger partial charge on any atom is -0.293 e. The van der Waals surface area contributed by atoms with E-state index in [4.69, 9.17) is 23.2 Å². The lowest BCUT2D eigenvalue weighted by molar-refractivity contribution is 0.101. The quantitative estimate of drug-likeness (QED) is 0.448. The van der Waals surface area contributed by atoms with Crippen molar-refractivity contribution in [1.82, 2.24) is 0 Å². The van der Waals surface area contributed by atoms with Crippen molar-refractivity contribution in [3.8, 4) is 0 Å². The Morgan fingerprint density at radius 3 is 2.80 bits per heavy atom. The molecule has 82 valence electrons. The van der Waals surface area contributed by atoms with Gasteiger partial charge in [0.15, 0.2) is 5.78 Å². The van der Waals surface area contributed by atoms with Gasteiger partial charge in [0.05, 0.1) is 5.88 Å². The van der Waals surface area contributed by atoms with Crippen molar-refractivity contribution in [3.63, 3.8) is 0 Å². The number of ketones is 1. The lowest BCUT2D eigenvalue weighted by Crippen LogP contribution is -2.02. The summed E-state index contributed by atoms with van der Waals surface area (Å²) in [6.45, 7) is 2.10. The Labute approximate surface area is 104 Å². The second kappa shape index (κ2) is 6.41. The van der Waals surface area contributed by atoms with Gasteiger partial charge in [0.2, 0.25) is 0 Å². The van der Waals surface area contributed by atoms with Crippen LogP contribution in [-0.4, -0.2) is 17.4 Å². The maximum absolute atomic E-state index is 11.5. The third-order valence-electron chi connectivity index (χ3n) is 1.83. The molecule has 0 heterocycles. The molecular formula is C11H12Cl2OS. The number of alkyl halides is 1. The maximum Gasteiger partial charge on any atom is 0.178 e. The maximum atomic E-state index is 11.5. The first kappa shape index (κ1) is 12.9. The predicted octanol–water partition coefficient (Wildman–Crippen LogP) is 4.26. The highest BCUT2D eigenvalue weighted by Gasteiger charge is 2.11. The van der Waals surface area contributed by atoms with Crippen LogP contribution in [0.15, 0.2) is 23.1 Å². The molecule has 0 atom stereocenters. The molecular weight excluding hydrogens is 251 g/mol.